The van der Waals surface area contributed by atoms with Gasteiger partial charge in [-0.3, -0.25) is 0 Å². The number of nitrogens with zero attached hydrogens (tertiary/aromatic N) is 1. The second kappa shape index (κ2) is 11.7. The van der Waals surface area contributed by atoms with Gasteiger partial charge in [0.05, 0.1) is 0 Å². The summed E-state index contributed by atoms with van der Waals surface area (Å²) in [6, 6.07) is 65.0. The second-order valence-corrected chi connectivity index (χ2v) is 20.7. The number of rotatable bonds is 2. The van der Waals surface area contributed by atoms with E-state index >= 15 is 0 Å². The largest absolute Gasteiger partial charge is 0.311 e. The Morgan fingerprint density at radius 2 is 0.883 bits per heavy atom. The molecule has 15 rings (SSSR count). The van der Waals surface area contributed by atoms with Crippen LogP contribution in [0.15, 0.2) is 170 Å². The van der Waals surface area contributed by atoms with E-state index in [0.29, 0.717) is 0 Å². The van der Waals surface area contributed by atoms with Crippen LogP contribution in [0.2, 0.25) is 0 Å². The van der Waals surface area contributed by atoms with Crippen molar-refractivity contribution >= 4 is 166 Å². The fourth-order valence-corrected chi connectivity index (χ4v) is 15.2. The van der Waals surface area contributed by atoms with Gasteiger partial charge in [-0.05, 0) is 118 Å². The van der Waals surface area contributed by atoms with Crippen LogP contribution >= 0.6 is 45.3 Å². The summed E-state index contributed by atoms with van der Waals surface area (Å²) in [5.74, 6) is 0. The van der Waals surface area contributed by atoms with Crippen LogP contribution in [0, 0.1) is 0 Å². The van der Waals surface area contributed by atoms with E-state index in [4.69, 9.17) is 0 Å². The summed E-state index contributed by atoms with van der Waals surface area (Å²) in [7, 11) is 0. The fraction of sp³-hybridized carbons (Fsp3) is 0. The number of anilines is 3. The third kappa shape index (κ3) is 4.26. The molecule has 2 aliphatic heterocycles. The Kier molecular flexibility index (Phi) is 6.36. The lowest BCUT2D eigenvalue weighted by atomic mass is 9.37. The van der Waals surface area contributed by atoms with Gasteiger partial charge in [0.2, 0.25) is 6.71 Å². The zero-order valence-corrected chi connectivity index (χ0v) is 35.1. The Morgan fingerprint density at radius 1 is 0.333 bits per heavy atom. The fourth-order valence-electron chi connectivity index (χ4n) is 10.7. The van der Waals surface area contributed by atoms with E-state index in [2.05, 4.69) is 175 Å². The van der Waals surface area contributed by atoms with Crippen LogP contribution in [-0.4, -0.2) is 6.71 Å². The van der Waals surface area contributed by atoms with E-state index in [1.165, 1.54) is 136 Å². The summed E-state index contributed by atoms with van der Waals surface area (Å²) in [6.07, 6.45) is 0. The summed E-state index contributed by atoms with van der Waals surface area (Å²) in [6.45, 7) is 0.109. The van der Waals surface area contributed by atoms with Gasteiger partial charge >= 0.3 is 0 Å². The monoisotopic (exact) mass is 829 g/mol. The highest BCUT2D eigenvalue weighted by molar-refractivity contribution is 7.27. The average molecular weight is 830 g/mol. The maximum absolute atomic E-state index is 2.63. The quantitative estimate of drug-likeness (QED) is 0.157. The molecule has 0 fully saturated rings. The molecule has 0 aliphatic carbocycles. The van der Waals surface area contributed by atoms with E-state index in [-0.39, 0.29) is 6.71 Å². The highest BCUT2D eigenvalue weighted by Gasteiger charge is 2.44. The maximum Gasteiger partial charge on any atom is 0.248 e. The number of hydrogen-bond donors (Lipinski definition) is 0. The molecule has 276 valence electrons. The smallest absolute Gasteiger partial charge is 0.248 e. The van der Waals surface area contributed by atoms with Crippen molar-refractivity contribution in [2.24, 2.45) is 0 Å². The van der Waals surface area contributed by atoms with Gasteiger partial charge in [0.25, 0.3) is 0 Å². The molecule has 0 saturated carbocycles. The van der Waals surface area contributed by atoms with E-state index in [9.17, 15) is 0 Å². The van der Waals surface area contributed by atoms with Crippen LogP contribution in [0.25, 0.3) is 103 Å². The first-order valence-electron chi connectivity index (χ1n) is 20.4. The van der Waals surface area contributed by atoms with Crippen molar-refractivity contribution in [3.8, 4) is 22.3 Å². The number of hydrogen-bond acceptors (Lipinski definition) is 5. The minimum Gasteiger partial charge on any atom is -0.311 e. The molecule has 6 heterocycles. The standard InChI is InChI=1S/C54H28BNS4/c1-5-15-45-32(10-1)37-24-30(20-21-49(37)57-45)56-43-26-39-34-12-3-7-17-47(34)60-52(39)28-42(43)55-41-27-51-38(33-11-2-6-16-46(33)59-51)25-36(41)40-22-29(23-44(56)54(40)55)31-14-9-19-50-53(31)35-13-4-8-18-48(35)58-50/h1-28H. The van der Waals surface area contributed by atoms with Crippen molar-refractivity contribution in [1.82, 2.24) is 0 Å². The van der Waals surface area contributed by atoms with Crippen LogP contribution < -0.4 is 21.3 Å². The van der Waals surface area contributed by atoms with Gasteiger partial charge in [0, 0.05) is 97.8 Å². The average Bonchev–Trinajstić information content (AvgIpc) is 4.10. The van der Waals surface area contributed by atoms with Gasteiger partial charge in [0.1, 0.15) is 0 Å². The zero-order valence-electron chi connectivity index (χ0n) is 31.8. The van der Waals surface area contributed by atoms with E-state index in [1.54, 1.807) is 0 Å². The van der Waals surface area contributed by atoms with Crippen molar-refractivity contribution in [2.75, 3.05) is 4.90 Å². The summed E-state index contributed by atoms with van der Waals surface area (Å²) in [5.41, 5.74) is 13.2. The Balaban J connectivity index is 1.10. The molecule has 0 radical (unpaired) electrons. The van der Waals surface area contributed by atoms with Gasteiger partial charge in [-0.1, -0.05) is 90.4 Å². The predicted molar refractivity (Wildman–Crippen MR) is 268 cm³/mol. The van der Waals surface area contributed by atoms with Crippen LogP contribution in [0.3, 0.4) is 0 Å². The van der Waals surface area contributed by atoms with Crippen LogP contribution in [-0.2, 0) is 0 Å². The highest BCUT2D eigenvalue weighted by atomic mass is 32.1. The van der Waals surface area contributed by atoms with Crippen molar-refractivity contribution in [2.45, 2.75) is 0 Å². The first kappa shape index (κ1) is 32.6. The van der Waals surface area contributed by atoms with E-state index in [0.717, 1.165) is 0 Å². The normalized spacial score (nSPS) is 13.3. The Labute approximate surface area is 360 Å². The van der Waals surface area contributed by atoms with Crippen LogP contribution in [0.5, 0.6) is 0 Å². The molecule has 0 amide bonds. The summed E-state index contributed by atoms with van der Waals surface area (Å²) in [5, 5.41) is 10.7. The van der Waals surface area contributed by atoms with Gasteiger partial charge < -0.3 is 4.90 Å². The minimum atomic E-state index is 0.109. The third-order valence-corrected chi connectivity index (χ3v) is 17.8. The molecule has 6 heteroatoms. The number of thiophene rings is 4. The molecule has 1 nitrogen and oxygen atoms in total. The highest BCUT2D eigenvalue weighted by Crippen LogP contribution is 2.49. The van der Waals surface area contributed by atoms with E-state index < -0.39 is 0 Å². The van der Waals surface area contributed by atoms with Crippen molar-refractivity contribution in [3.63, 3.8) is 0 Å². The molecule has 4 aromatic heterocycles. The Bertz CT molecular complexity index is 4050. The molecule has 2 aliphatic rings. The van der Waals surface area contributed by atoms with Crippen LogP contribution in [0.1, 0.15) is 0 Å². The topological polar surface area (TPSA) is 3.24 Å². The minimum absolute atomic E-state index is 0.109. The second-order valence-electron chi connectivity index (χ2n) is 16.3. The third-order valence-electron chi connectivity index (χ3n) is 13.2. The molecule has 9 aromatic carbocycles. The SMILES string of the molecule is c1ccc2c(c1)sc1ccc(N3c4cc5c(cc4B4c6cc7sc8ccccc8c7cc6-c6cc(-c7cccc8sc9ccccc9c78)cc3c64)sc3ccccc35)cc12. The molecule has 60 heavy (non-hydrogen) atoms. The van der Waals surface area contributed by atoms with Crippen LogP contribution in [0.4, 0.5) is 17.1 Å². The molecule has 0 N–H and O–H groups in total. The maximum atomic E-state index is 2.63. The van der Waals surface area contributed by atoms with Crippen molar-refractivity contribution < 1.29 is 0 Å². The lowest BCUT2D eigenvalue weighted by molar-refractivity contribution is 1.31. The molecule has 13 aromatic rings. The lowest BCUT2D eigenvalue weighted by Crippen LogP contribution is -2.54. The molecule has 0 saturated heterocycles. The Morgan fingerprint density at radius 3 is 1.60 bits per heavy atom. The van der Waals surface area contributed by atoms with Crippen molar-refractivity contribution in [1.29, 1.82) is 0 Å². The molecular formula is C54H28BNS4. The Hall–Kier alpha value is -6.28. The van der Waals surface area contributed by atoms with Gasteiger partial charge in [-0.25, -0.2) is 0 Å². The summed E-state index contributed by atoms with van der Waals surface area (Å²) < 4.78 is 10.7. The molecule has 0 spiro atoms. The van der Waals surface area contributed by atoms with Gasteiger partial charge in [-0.2, -0.15) is 0 Å². The number of benzene rings is 9. The zero-order chi connectivity index (χ0) is 38.8. The van der Waals surface area contributed by atoms with Crippen molar-refractivity contribution in [3.05, 3.63) is 170 Å². The molecule has 0 bridgehead atoms. The molecule has 0 unspecified atom stereocenters. The number of fused-ring (bicyclic) bond motifs is 17. The van der Waals surface area contributed by atoms with E-state index in [1.807, 2.05) is 45.3 Å². The molecular weight excluding hydrogens is 802 g/mol. The first-order chi connectivity index (χ1) is 29.7. The summed E-state index contributed by atoms with van der Waals surface area (Å²) in [4.78, 5) is 2.63. The van der Waals surface area contributed by atoms with Gasteiger partial charge in [-0.15, -0.1) is 45.3 Å². The first-order valence-corrected chi connectivity index (χ1v) is 23.7. The lowest BCUT2D eigenvalue weighted by Gasteiger charge is -2.36. The van der Waals surface area contributed by atoms with Gasteiger partial charge in [0.15, 0.2) is 0 Å². The summed E-state index contributed by atoms with van der Waals surface area (Å²) >= 11 is 7.63. The predicted octanol–water partition coefficient (Wildman–Crippen LogP) is 15.1. The molecule has 0 atom stereocenters.